The van der Waals surface area contributed by atoms with Crippen LogP contribution in [0.15, 0.2) is 70.7 Å². The van der Waals surface area contributed by atoms with Gasteiger partial charge in [-0.25, -0.2) is 0 Å². The summed E-state index contributed by atoms with van der Waals surface area (Å²) >= 11 is 0. The fraction of sp³-hybridized carbons (Fsp3) is 0.136. The van der Waals surface area contributed by atoms with Gasteiger partial charge in [-0.05, 0) is 57.4 Å². The van der Waals surface area contributed by atoms with E-state index in [-0.39, 0.29) is 0 Å². The number of hydrogen-bond acceptors (Lipinski definition) is 3. The van der Waals surface area contributed by atoms with Crippen LogP contribution in [0.1, 0.15) is 16.7 Å². The summed E-state index contributed by atoms with van der Waals surface area (Å²) in [7, 11) is 0.432. The van der Waals surface area contributed by atoms with E-state index in [4.69, 9.17) is 5.73 Å². The molecule has 3 aromatic rings. The van der Waals surface area contributed by atoms with E-state index in [1.165, 1.54) is 5.56 Å². The second-order valence-corrected chi connectivity index (χ2v) is 9.97. The van der Waals surface area contributed by atoms with Gasteiger partial charge in [-0.3, -0.25) is 14.2 Å². The van der Waals surface area contributed by atoms with Crippen molar-refractivity contribution in [1.29, 1.82) is 0 Å². The van der Waals surface area contributed by atoms with Crippen LogP contribution >= 0.6 is 9.24 Å². The van der Waals surface area contributed by atoms with E-state index in [1.807, 2.05) is 30.3 Å². The zero-order valence-corrected chi connectivity index (χ0v) is 18.0. The smallest absolute Gasteiger partial charge is 0.127 e. The molecule has 3 rings (SSSR count). The lowest BCUT2D eigenvalue weighted by atomic mass is 10.1. The van der Waals surface area contributed by atoms with E-state index < -0.39 is 9.52 Å². The summed E-state index contributed by atoms with van der Waals surface area (Å²) in [6.45, 7) is 2.50. The molecule has 0 spiro atoms. The van der Waals surface area contributed by atoms with Gasteiger partial charge < -0.3 is 5.73 Å². The Labute approximate surface area is 169 Å². The van der Waals surface area contributed by atoms with Crippen LogP contribution in [0.2, 0.25) is 0 Å². The van der Waals surface area contributed by atoms with E-state index in [1.54, 1.807) is 12.5 Å². The molecule has 2 aromatic carbocycles. The number of aromatic nitrogens is 1. The molecular formula is C22H24N3OPS. The molecule has 1 heterocycles. The maximum absolute atomic E-state index is 12.1. The topological polar surface area (TPSA) is 68.3 Å². The van der Waals surface area contributed by atoms with E-state index in [9.17, 15) is 4.21 Å². The molecule has 4 nitrogen and oxygen atoms in total. The minimum Gasteiger partial charge on any atom is -0.383 e. The fourth-order valence-electron chi connectivity index (χ4n) is 2.69. The summed E-state index contributed by atoms with van der Waals surface area (Å²) in [6.07, 6.45) is 3.38. The van der Waals surface area contributed by atoms with Gasteiger partial charge >= 0.3 is 0 Å². The standard InChI is InChI=1S/C22H24N3OPS/c1-15-4-6-16(7-5-15)20-11-9-18(14-24-20)22(23)25-13-17-8-10-19(12-21(17)27)28(2,3)26/h4-12,14H,2,13,27H2,1,3H3,(H2,23,25). The maximum atomic E-state index is 12.1. The number of hydrogen-bond donors (Lipinski definition) is 1. The number of aliphatic imine (C=N–C) groups is 1. The van der Waals surface area contributed by atoms with Crippen LogP contribution in [0.3, 0.4) is 0 Å². The summed E-state index contributed by atoms with van der Waals surface area (Å²) in [6, 6.07) is 17.8. The first kappa shape index (κ1) is 20.2. The van der Waals surface area contributed by atoms with Crippen molar-refractivity contribution in [2.45, 2.75) is 18.4 Å². The Kier molecular flexibility index (Phi) is 5.97. The molecule has 0 saturated heterocycles. The molecule has 0 bridgehead atoms. The Morgan fingerprint density at radius 2 is 1.89 bits per heavy atom. The molecule has 6 heteroatoms. The molecule has 1 aromatic heterocycles. The summed E-state index contributed by atoms with van der Waals surface area (Å²) in [5, 5.41) is 0.945. The molecule has 0 aliphatic rings. The maximum Gasteiger partial charge on any atom is 0.127 e. The molecule has 2 atom stereocenters. The first-order valence-corrected chi connectivity index (χ1v) is 11.5. The first-order chi connectivity index (χ1) is 13.2. The lowest BCUT2D eigenvalue weighted by Gasteiger charge is -2.08. The molecule has 0 aliphatic heterocycles. The highest BCUT2D eigenvalue weighted by Gasteiger charge is 2.06. The molecule has 2 N–H and O–H groups in total. The van der Waals surface area contributed by atoms with Gasteiger partial charge in [0.15, 0.2) is 0 Å². The van der Waals surface area contributed by atoms with Crippen molar-refractivity contribution in [3.63, 3.8) is 0 Å². The molecule has 0 saturated carbocycles. The highest BCUT2D eigenvalue weighted by atomic mass is 32.2. The third kappa shape index (κ3) is 4.86. The Morgan fingerprint density at radius 3 is 2.46 bits per heavy atom. The van der Waals surface area contributed by atoms with Crippen molar-refractivity contribution in [3.8, 4) is 11.3 Å². The van der Waals surface area contributed by atoms with Crippen LogP contribution in [0.25, 0.3) is 11.3 Å². The van der Waals surface area contributed by atoms with E-state index in [0.29, 0.717) is 12.4 Å². The fourth-order valence-corrected chi connectivity index (χ4v) is 3.91. The van der Waals surface area contributed by atoms with Crippen molar-refractivity contribution < 1.29 is 4.21 Å². The number of aryl methyl sites for hydroxylation is 1. The molecule has 2 unspecified atom stereocenters. The van der Waals surface area contributed by atoms with E-state index >= 15 is 0 Å². The van der Waals surface area contributed by atoms with Crippen molar-refractivity contribution in [2.75, 3.05) is 6.26 Å². The van der Waals surface area contributed by atoms with Gasteiger partial charge in [0.1, 0.15) is 5.84 Å². The third-order valence-electron chi connectivity index (χ3n) is 4.44. The molecule has 0 amide bonds. The minimum atomic E-state index is -2.23. The average molecular weight is 409 g/mol. The number of pyridine rings is 1. The minimum absolute atomic E-state index is 0.437. The van der Waals surface area contributed by atoms with Gasteiger partial charge in [0.05, 0.1) is 12.2 Å². The second kappa shape index (κ2) is 8.26. The Bertz CT molecular complexity index is 1120. The summed E-state index contributed by atoms with van der Waals surface area (Å²) in [5.41, 5.74) is 11.1. The lowest BCUT2D eigenvalue weighted by Crippen LogP contribution is -2.15. The lowest BCUT2D eigenvalue weighted by molar-refractivity contribution is 0.685. The van der Waals surface area contributed by atoms with Crippen LogP contribution in [0, 0.1) is 6.92 Å². The normalized spacial score (nSPS) is 13.9. The largest absolute Gasteiger partial charge is 0.383 e. The SMILES string of the molecule is C=S(C)(=O)c1ccc(CN=C(N)c2ccc(-c3ccc(C)cc3)nc2)c(P)c1. The van der Waals surface area contributed by atoms with Gasteiger partial charge in [-0.2, -0.15) is 0 Å². The van der Waals surface area contributed by atoms with Gasteiger partial charge in [0.25, 0.3) is 0 Å². The highest BCUT2D eigenvalue weighted by Crippen LogP contribution is 2.18. The van der Waals surface area contributed by atoms with Crippen LogP contribution in [-0.4, -0.2) is 27.2 Å². The number of nitrogens with two attached hydrogens (primary N) is 1. The van der Waals surface area contributed by atoms with Crippen molar-refractivity contribution >= 4 is 35.8 Å². The number of benzene rings is 2. The predicted octanol–water partition coefficient (Wildman–Crippen LogP) is 3.17. The van der Waals surface area contributed by atoms with Crippen molar-refractivity contribution in [2.24, 2.45) is 10.7 Å². The van der Waals surface area contributed by atoms with Crippen molar-refractivity contribution in [1.82, 2.24) is 4.98 Å². The molecule has 28 heavy (non-hydrogen) atoms. The first-order valence-electron chi connectivity index (χ1n) is 8.78. The van der Waals surface area contributed by atoms with Crippen LogP contribution in [0.5, 0.6) is 0 Å². The third-order valence-corrected chi connectivity index (χ3v) is 6.23. The highest BCUT2D eigenvalue weighted by molar-refractivity contribution is 7.99. The quantitative estimate of drug-likeness (QED) is 0.305. The van der Waals surface area contributed by atoms with Crippen LogP contribution in [-0.2, 0) is 16.1 Å². The zero-order valence-electron chi connectivity index (χ0n) is 16.1. The molecule has 0 radical (unpaired) electrons. The van der Waals surface area contributed by atoms with E-state index in [2.05, 4.69) is 56.3 Å². The van der Waals surface area contributed by atoms with Crippen LogP contribution < -0.4 is 11.0 Å². The Hall–Kier alpha value is -2.49. The number of rotatable bonds is 5. The molecule has 144 valence electrons. The predicted molar refractivity (Wildman–Crippen MR) is 124 cm³/mol. The Morgan fingerprint density at radius 1 is 1.18 bits per heavy atom. The van der Waals surface area contributed by atoms with Crippen LogP contribution in [0.4, 0.5) is 0 Å². The summed E-state index contributed by atoms with van der Waals surface area (Å²) in [4.78, 5) is 9.72. The van der Waals surface area contributed by atoms with Gasteiger partial charge in [-0.15, -0.1) is 9.24 Å². The summed E-state index contributed by atoms with van der Waals surface area (Å²) < 4.78 is 12.1. The van der Waals surface area contributed by atoms with Gasteiger partial charge in [0, 0.05) is 28.5 Å². The molecule has 0 aliphatic carbocycles. The van der Waals surface area contributed by atoms with E-state index in [0.717, 1.165) is 32.6 Å². The number of nitrogens with zero attached hydrogens (tertiary/aromatic N) is 2. The average Bonchev–Trinajstić information content (AvgIpc) is 2.67. The number of amidine groups is 1. The Balaban J connectivity index is 1.76. The second-order valence-electron chi connectivity index (χ2n) is 6.87. The zero-order chi connectivity index (χ0) is 20.3. The monoisotopic (exact) mass is 409 g/mol. The van der Waals surface area contributed by atoms with Gasteiger partial charge in [-0.1, -0.05) is 35.9 Å². The summed E-state index contributed by atoms with van der Waals surface area (Å²) in [5.74, 6) is 4.16. The molecule has 0 fully saturated rings. The van der Waals surface area contributed by atoms with Gasteiger partial charge in [0.2, 0.25) is 0 Å². The van der Waals surface area contributed by atoms with Crippen molar-refractivity contribution in [3.05, 3.63) is 77.5 Å². The molecular weight excluding hydrogens is 385 g/mol.